The fourth-order valence-electron chi connectivity index (χ4n) is 2.46. The number of rotatable bonds is 2. The minimum Gasteiger partial charge on any atom is -0.307 e. The highest BCUT2D eigenvalue weighted by Gasteiger charge is 2.27. The zero-order valence-electron chi connectivity index (χ0n) is 8.50. The Morgan fingerprint density at radius 1 is 1.07 bits per heavy atom. The lowest BCUT2D eigenvalue weighted by atomic mass is 9.88. The molecule has 0 aliphatic heterocycles. The van der Waals surface area contributed by atoms with Crippen LogP contribution < -0.4 is 5.32 Å². The molecule has 1 aromatic rings. The maximum Gasteiger partial charge on any atom is 0.0325 e. The quantitative estimate of drug-likeness (QED) is 0.750. The molecule has 1 heteroatoms. The first kappa shape index (κ1) is 8.49. The van der Waals surface area contributed by atoms with E-state index in [0.29, 0.717) is 6.04 Å². The number of benzene rings is 1. The van der Waals surface area contributed by atoms with Crippen LogP contribution in [-0.4, -0.2) is 6.04 Å². The van der Waals surface area contributed by atoms with Crippen molar-refractivity contribution in [2.24, 2.45) is 0 Å². The molecule has 0 bridgehead atoms. The van der Waals surface area contributed by atoms with Gasteiger partial charge in [0.2, 0.25) is 0 Å². The molecular weight excluding hydrogens is 170 g/mol. The number of hydrogen-bond donors (Lipinski definition) is 1. The Hall–Kier alpha value is -0.820. The van der Waals surface area contributed by atoms with Crippen molar-refractivity contribution in [2.75, 3.05) is 0 Å². The largest absolute Gasteiger partial charge is 0.307 e. The Balaban J connectivity index is 1.85. The van der Waals surface area contributed by atoms with Crippen molar-refractivity contribution in [3.63, 3.8) is 0 Å². The van der Waals surface area contributed by atoms with E-state index in [2.05, 4.69) is 29.6 Å². The van der Waals surface area contributed by atoms with Crippen LogP contribution in [0.1, 0.15) is 42.9 Å². The highest BCUT2D eigenvalue weighted by Crippen LogP contribution is 2.32. The minimum absolute atomic E-state index is 0.646. The molecule has 2 aliphatic carbocycles. The number of hydrogen-bond acceptors (Lipinski definition) is 1. The van der Waals surface area contributed by atoms with E-state index in [-0.39, 0.29) is 0 Å². The van der Waals surface area contributed by atoms with Crippen molar-refractivity contribution < 1.29 is 0 Å². The molecule has 1 aromatic carbocycles. The van der Waals surface area contributed by atoms with Crippen LogP contribution in [0.15, 0.2) is 24.3 Å². The van der Waals surface area contributed by atoms with Crippen molar-refractivity contribution in [3.8, 4) is 0 Å². The summed E-state index contributed by atoms with van der Waals surface area (Å²) in [6, 6.07) is 10.4. The molecule has 0 radical (unpaired) electrons. The lowest BCUT2D eigenvalue weighted by molar-refractivity contribution is 0.457. The fraction of sp³-hybridized carbons (Fsp3) is 0.538. The van der Waals surface area contributed by atoms with Gasteiger partial charge >= 0.3 is 0 Å². The van der Waals surface area contributed by atoms with Crippen LogP contribution in [0.25, 0.3) is 0 Å². The number of nitrogens with one attached hydrogen (secondary N) is 1. The van der Waals surface area contributed by atoms with Gasteiger partial charge in [-0.3, -0.25) is 0 Å². The van der Waals surface area contributed by atoms with Crippen LogP contribution >= 0.6 is 0 Å². The van der Waals surface area contributed by atoms with Gasteiger partial charge < -0.3 is 5.32 Å². The van der Waals surface area contributed by atoms with Crippen molar-refractivity contribution in [1.29, 1.82) is 0 Å². The normalized spacial score (nSPS) is 25.9. The van der Waals surface area contributed by atoms with Crippen LogP contribution in [0.3, 0.4) is 0 Å². The lowest BCUT2D eigenvalue weighted by Crippen LogP contribution is -2.26. The lowest BCUT2D eigenvalue weighted by Gasteiger charge is -2.26. The van der Waals surface area contributed by atoms with E-state index >= 15 is 0 Å². The summed E-state index contributed by atoms with van der Waals surface area (Å²) in [7, 11) is 0. The molecule has 0 spiro atoms. The number of aryl methyl sites for hydroxylation is 1. The molecule has 0 unspecified atom stereocenters. The zero-order valence-corrected chi connectivity index (χ0v) is 8.50. The second-order valence-electron chi connectivity index (χ2n) is 4.58. The maximum atomic E-state index is 3.75. The second kappa shape index (κ2) is 3.39. The minimum atomic E-state index is 0.646. The molecule has 0 amide bonds. The monoisotopic (exact) mass is 187 g/mol. The highest BCUT2D eigenvalue weighted by atomic mass is 15.0. The Bertz CT molecular complexity index is 328. The Morgan fingerprint density at radius 3 is 2.79 bits per heavy atom. The summed E-state index contributed by atoms with van der Waals surface area (Å²) in [6.45, 7) is 0. The van der Waals surface area contributed by atoms with Crippen LogP contribution in [-0.2, 0) is 6.42 Å². The first-order chi connectivity index (χ1) is 6.93. The zero-order chi connectivity index (χ0) is 9.38. The van der Waals surface area contributed by atoms with Crippen molar-refractivity contribution in [1.82, 2.24) is 5.32 Å². The summed E-state index contributed by atoms with van der Waals surface area (Å²) < 4.78 is 0. The van der Waals surface area contributed by atoms with Crippen LogP contribution in [0.5, 0.6) is 0 Å². The molecule has 0 heterocycles. The summed E-state index contributed by atoms with van der Waals surface area (Å²) in [5.41, 5.74) is 3.13. The molecule has 2 aliphatic rings. The molecule has 1 atom stereocenters. The van der Waals surface area contributed by atoms with E-state index < -0.39 is 0 Å². The summed E-state index contributed by atoms with van der Waals surface area (Å²) in [6.07, 6.45) is 6.73. The first-order valence-electron chi connectivity index (χ1n) is 5.77. The van der Waals surface area contributed by atoms with Gasteiger partial charge in [-0.05, 0) is 43.2 Å². The van der Waals surface area contributed by atoms with Gasteiger partial charge in [0, 0.05) is 12.1 Å². The van der Waals surface area contributed by atoms with E-state index in [0.717, 1.165) is 6.04 Å². The van der Waals surface area contributed by atoms with Crippen molar-refractivity contribution in [3.05, 3.63) is 35.4 Å². The maximum absolute atomic E-state index is 3.75. The first-order valence-corrected chi connectivity index (χ1v) is 5.77. The summed E-state index contributed by atoms with van der Waals surface area (Å²) in [4.78, 5) is 0. The van der Waals surface area contributed by atoms with Gasteiger partial charge in [0.1, 0.15) is 0 Å². The van der Waals surface area contributed by atoms with Gasteiger partial charge in [-0.15, -0.1) is 0 Å². The highest BCUT2D eigenvalue weighted by molar-refractivity contribution is 5.32. The Morgan fingerprint density at radius 2 is 1.93 bits per heavy atom. The number of fused-ring (bicyclic) bond motifs is 1. The average Bonchev–Trinajstić information content (AvgIpc) is 3.03. The van der Waals surface area contributed by atoms with E-state index in [9.17, 15) is 0 Å². The third-order valence-electron chi connectivity index (χ3n) is 3.38. The van der Waals surface area contributed by atoms with E-state index in [1.54, 1.807) is 11.1 Å². The van der Waals surface area contributed by atoms with Gasteiger partial charge in [0.15, 0.2) is 0 Å². The molecular formula is C13H17N. The SMILES string of the molecule is c1ccc2c(c1)CCC[C@@H]2NC1CC1. The Labute approximate surface area is 85.5 Å². The van der Waals surface area contributed by atoms with E-state index in [1.807, 2.05) is 0 Å². The van der Waals surface area contributed by atoms with Gasteiger partial charge in [0.05, 0.1) is 0 Å². The van der Waals surface area contributed by atoms with Gasteiger partial charge in [-0.2, -0.15) is 0 Å². The molecule has 3 rings (SSSR count). The van der Waals surface area contributed by atoms with Gasteiger partial charge in [-0.1, -0.05) is 24.3 Å². The van der Waals surface area contributed by atoms with Crippen LogP contribution in [0.4, 0.5) is 0 Å². The van der Waals surface area contributed by atoms with Crippen molar-refractivity contribution >= 4 is 0 Å². The van der Waals surface area contributed by atoms with E-state index in [1.165, 1.54) is 32.1 Å². The Kier molecular flexibility index (Phi) is 2.06. The average molecular weight is 187 g/mol. The molecule has 14 heavy (non-hydrogen) atoms. The third-order valence-corrected chi connectivity index (χ3v) is 3.38. The second-order valence-corrected chi connectivity index (χ2v) is 4.58. The molecule has 1 nitrogen and oxygen atoms in total. The van der Waals surface area contributed by atoms with Gasteiger partial charge in [-0.25, -0.2) is 0 Å². The third kappa shape index (κ3) is 1.57. The molecule has 0 aromatic heterocycles. The molecule has 74 valence electrons. The van der Waals surface area contributed by atoms with Crippen molar-refractivity contribution in [2.45, 2.75) is 44.2 Å². The summed E-state index contributed by atoms with van der Waals surface area (Å²) in [5, 5.41) is 3.75. The summed E-state index contributed by atoms with van der Waals surface area (Å²) in [5.74, 6) is 0. The predicted octanol–water partition coefficient (Wildman–Crippen LogP) is 2.82. The topological polar surface area (TPSA) is 12.0 Å². The molecule has 0 saturated heterocycles. The molecule has 1 saturated carbocycles. The molecule has 1 fully saturated rings. The predicted molar refractivity (Wildman–Crippen MR) is 58.3 cm³/mol. The van der Waals surface area contributed by atoms with Crippen LogP contribution in [0.2, 0.25) is 0 Å². The summed E-state index contributed by atoms with van der Waals surface area (Å²) >= 11 is 0. The van der Waals surface area contributed by atoms with Crippen LogP contribution in [0, 0.1) is 0 Å². The van der Waals surface area contributed by atoms with Gasteiger partial charge in [0.25, 0.3) is 0 Å². The smallest absolute Gasteiger partial charge is 0.0325 e. The molecule has 1 N–H and O–H groups in total. The van der Waals surface area contributed by atoms with E-state index in [4.69, 9.17) is 0 Å². The fourth-order valence-corrected chi connectivity index (χ4v) is 2.46. The standard InChI is InChI=1S/C13H17N/c1-2-6-12-10(4-1)5-3-7-13(12)14-11-8-9-11/h1-2,4,6,11,13-14H,3,5,7-9H2/t13-/m0/s1.